The highest BCUT2D eigenvalue weighted by Gasteiger charge is 2.20. The van der Waals surface area contributed by atoms with E-state index in [0.717, 1.165) is 30.8 Å². The van der Waals surface area contributed by atoms with Crippen molar-refractivity contribution < 1.29 is 4.39 Å². The summed E-state index contributed by atoms with van der Waals surface area (Å²) in [7, 11) is 2.07. The van der Waals surface area contributed by atoms with Crippen molar-refractivity contribution in [1.82, 2.24) is 5.32 Å². The summed E-state index contributed by atoms with van der Waals surface area (Å²) in [5, 5.41) is 3.44. The monoisotopic (exact) mass is 236 g/mol. The molecular weight excluding hydrogens is 215 g/mol. The van der Waals surface area contributed by atoms with Gasteiger partial charge in [-0.3, -0.25) is 0 Å². The van der Waals surface area contributed by atoms with Crippen molar-refractivity contribution in [2.45, 2.75) is 38.8 Å². The maximum Gasteiger partial charge on any atom is 0.123 e. The molecule has 0 saturated heterocycles. The molecule has 1 aromatic rings. The fourth-order valence-electron chi connectivity index (χ4n) is 2.07. The van der Waals surface area contributed by atoms with E-state index in [9.17, 15) is 4.39 Å². The summed E-state index contributed by atoms with van der Waals surface area (Å²) in [5.41, 5.74) is 2.20. The lowest BCUT2D eigenvalue weighted by atomic mass is 10.1. The van der Waals surface area contributed by atoms with Crippen molar-refractivity contribution in [2.75, 3.05) is 18.5 Å². The van der Waals surface area contributed by atoms with Gasteiger partial charge in [-0.1, -0.05) is 6.92 Å². The highest BCUT2D eigenvalue weighted by atomic mass is 19.1. The number of hydrogen-bond acceptors (Lipinski definition) is 2. The summed E-state index contributed by atoms with van der Waals surface area (Å²) < 4.78 is 13.3. The fourth-order valence-corrected chi connectivity index (χ4v) is 2.07. The van der Waals surface area contributed by atoms with Crippen LogP contribution in [0.3, 0.4) is 0 Å². The Labute approximate surface area is 103 Å². The van der Waals surface area contributed by atoms with Gasteiger partial charge >= 0.3 is 0 Å². The van der Waals surface area contributed by atoms with Crippen molar-refractivity contribution in [3.63, 3.8) is 0 Å². The Bertz CT molecular complexity index is 374. The Morgan fingerprint density at radius 3 is 2.82 bits per heavy atom. The van der Waals surface area contributed by atoms with Crippen molar-refractivity contribution in [2.24, 2.45) is 0 Å². The summed E-state index contributed by atoms with van der Waals surface area (Å²) in [6, 6.07) is 5.73. The predicted molar refractivity (Wildman–Crippen MR) is 69.8 cm³/mol. The second-order valence-electron chi connectivity index (χ2n) is 4.85. The lowest BCUT2D eigenvalue weighted by Gasteiger charge is -2.22. The van der Waals surface area contributed by atoms with Crippen LogP contribution in [0.4, 0.5) is 10.1 Å². The van der Waals surface area contributed by atoms with Crippen LogP contribution in [0.15, 0.2) is 18.2 Å². The zero-order valence-electron chi connectivity index (χ0n) is 10.7. The Hall–Kier alpha value is -1.09. The molecule has 94 valence electrons. The number of hydrogen-bond donors (Lipinski definition) is 1. The SMILES string of the molecule is CCCN(C)c1ccc(F)cc1CNC1CC1. The van der Waals surface area contributed by atoms with E-state index < -0.39 is 0 Å². The Morgan fingerprint density at radius 1 is 1.41 bits per heavy atom. The molecule has 17 heavy (non-hydrogen) atoms. The van der Waals surface area contributed by atoms with Gasteiger partial charge in [0.25, 0.3) is 0 Å². The van der Waals surface area contributed by atoms with Gasteiger partial charge in [-0.2, -0.15) is 0 Å². The van der Waals surface area contributed by atoms with E-state index in [1.165, 1.54) is 12.8 Å². The number of benzene rings is 1. The molecular formula is C14H21FN2. The van der Waals surface area contributed by atoms with Gasteiger partial charge in [0, 0.05) is 31.9 Å². The molecule has 0 aliphatic heterocycles. The van der Waals surface area contributed by atoms with Crippen LogP contribution in [0.5, 0.6) is 0 Å². The Kier molecular flexibility index (Phi) is 4.00. The van der Waals surface area contributed by atoms with Gasteiger partial charge in [-0.15, -0.1) is 0 Å². The molecule has 1 N–H and O–H groups in total. The minimum atomic E-state index is -0.147. The van der Waals surface area contributed by atoms with Crippen LogP contribution in [0.1, 0.15) is 31.7 Å². The molecule has 0 amide bonds. The van der Waals surface area contributed by atoms with Crippen molar-refractivity contribution in [1.29, 1.82) is 0 Å². The van der Waals surface area contributed by atoms with Gasteiger partial charge in [0.1, 0.15) is 5.82 Å². The van der Waals surface area contributed by atoms with Crippen molar-refractivity contribution in [3.8, 4) is 0 Å². The number of anilines is 1. The quantitative estimate of drug-likeness (QED) is 0.817. The zero-order chi connectivity index (χ0) is 12.3. The van der Waals surface area contributed by atoms with Crippen LogP contribution < -0.4 is 10.2 Å². The van der Waals surface area contributed by atoms with E-state index in [1.54, 1.807) is 12.1 Å². The molecule has 1 saturated carbocycles. The predicted octanol–water partition coefficient (Wildman–Crippen LogP) is 2.92. The van der Waals surface area contributed by atoms with E-state index in [1.807, 2.05) is 6.07 Å². The van der Waals surface area contributed by atoms with E-state index >= 15 is 0 Å². The van der Waals surface area contributed by atoms with Gasteiger partial charge in [-0.05, 0) is 43.0 Å². The Balaban J connectivity index is 2.10. The molecule has 0 radical (unpaired) electrons. The average Bonchev–Trinajstić information content (AvgIpc) is 3.10. The topological polar surface area (TPSA) is 15.3 Å². The molecule has 1 fully saturated rings. The first-order valence-corrected chi connectivity index (χ1v) is 6.43. The van der Waals surface area contributed by atoms with Gasteiger partial charge in [0.2, 0.25) is 0 Å². The second-order valence-corrected chi connectivity index (χ2v) is 4.85. The fraction of sp³-hybridized carbons (Fsp3) is 0.571. The third kappa shape index (κ3) is 3.43. The molecule has 3 heteroatoms. The highest BCUT2D eigenvalue weighted by molar-refractivity contribution is 5.53. The summed E-state index contributed by atoms with van der Waals surface area (Å²) >= 11 is 0. The lowest BCUT2D eigenvalue weighted by molar-refractivity contribution is 0.619. The van der Waals surface area contributed by atoms with Crippen molar-refractivity contribution >= 4 is 5.69 Å². The van der Waals surface area contributed by atoms with Gasteiger partial charge in [-0.25, -0.2) is 4.39 Å². The molecule has 1 aliphatic rings. The lowest BCUT2D eigenvalue weighted by Crippen LogP contribution is -2.22. The van der Waals surface area contributed by atoms with Crippen molar-refractivity contribution in [3.05, 3.63) is 29.6 Å². The minimum absolute atomic E-state index is 0.147. The number of rotatable bonds is 6. The van der Waals surface area contributed by atoms with E-state index in [0.29, 0.717) is 6.04 Å². The third-order valence-corrected chi connectivity index (χ3v) is 3.17. The first-order valence-electron chi connectivity index (χ1n) is 6.43. The summed E-state index contributed by atoms with van der Waals surface area (Å²) in [6.45, 7) is 3.93. The normalized spacial score (nSPS) is 15.0. The van der Waals surface area contributed by atoms with Gasteiger partial charge in [0.05, 0.1) is 0 Å². The molecule has 1 aliphatic carbocycles. The zero-order valence-corrected chi connectivity index (χ0v) is 10.7. The van der Waals surface area contributed by atoms with Gasteiger partial charge < -0.3 is 10.2 Å². The summed E-state index contributed by atoms with van der Waals surface area (Å²) in [6.07, 6.45) is 3.62. The number of nitrogens with one attached hydrogen (secondary N) is 1. The standard InChI is InChI=1S/C14H21FN2/c1-3-8-17(2)14-7-4-12(15)9-11(14)10-16-13-5-6-13/h4,7,9,13,16H,3,5-6,8,10H2,1-2H3. The van der Waals surface area contributed by atoms with E-state index in [2.05, 4.69) is 24.2 Å². The molecule has 2 nitrogen and oxygen atoms in total. The van der Waals surface area contributed by atoms with Crippen LogP contribution >= 0.6 is 0 Å². The van der Waals surface area contributed by atoms with Gasteiger partial charge in [0.15, 0.2) is 0 Å². The molecule has 0 unspecified atom stereocenters. The molecule has 0 aromatic heterocycles. The first kappa shape index (κ1) is 12.4. The average molecular weight is 236 g/mol. The minimum Gasteiger partial charge on any atom is -0.374 e. The van der Waals surface area contributed by atoms with Crippen LogP contribution in [-0.2, 0) is 6.54 Å². The maximum atomic E-state index is 13.3. The molecule has 2 rings (SSSR count). The summed E-state index contributed by atoms with van der Waals surface area (Å²) in [5.74, 6) is -0.147. The maximum absolute atomic E-state index is 13.3. The van der Waals surface area contributed by atoms with Crippen LogP contribution in [0.25, 0.3) is 0 Å². The van der Waals surface area contributed by atoms with E-state index in [4.69, 9.17) is 0 Å². The molecule has 0 bridgehead atoms. The van der Waals surface area contributed by atoms with E-state index in [-0.39, 0.29) is 5.82 Å². The largest absolute Gasteiger partial charge is 0.374 e. The van der Waals surface area contributed by atoms with Crippen LogP contribution in [0, 0.1) is 5.82 Å². The highest BCUT2D eigenvalue weighted by Crippen LogP contribution is 2.24. The first-order chi connectivity index (χ1) is 8.20. The molecule has 0 heterocycles. The second kappa shape index (κ2) is 5.50. The van der Waals surface area contributed by atoms with Crippen LogP contribution in [0.2, 0.25) is 0 Å². The molecule has 0 atom stereocenters. The number of halogens is 1. The smallest absolute Gasteiger partial charge is 0.123 e. The third-order valence-electron chi connectivity index (χ3n) is 3.17. The molecule has 0 spiro atoms. The number of nitrogens with zero attached hydrogens (tertiary/aromatic N) is 1. The summed E-state index contributed by atoms with van der Waals surface area (Å²) in [4.78, 5) is 2.20. The Morgan fingerprint density at radius 2 is 2.18 bits per heavy atom. The molecule has 1 aromatic carbocycles. The van der Waals surface area contributed by atoms with Crippen LogP contribution in [-0.4, -0.2) is 19.6 Å².